The average molecular weight is 239 g/mol. The minimum Gasteiger partial charge on any atom is -0.488 e. The summed E-state index contributed by atoms with van der Waals surface area (Å²) in [7, 11) is 0. The molecule has 17 heavy (non-hydrogen) atoms. The fourth-order valence-electron chi connectivity index (χ4n) is 1.38. The summed E-state index contributed by atoms with van der Waals surface area (Å²) in [5.41, 5.74) is 0.456. The van der Waals surface area contributed by atoms with E-state index in [1.54, 1.807) is 6.07 Å². The molecule has 1 aromatic rings. The van der Waals surface area contributed by atoms with Crippen LogP contribution in [0.2, 0.25) is 0 Å². The van der Waals surface area contributed by atoms with E-state index < -0.39 is 5.82 Å². The Kier molecular flexibility index (Phi) is 4.94. The Morgan fingerprint density at radius 2 is 2.18 bits per heavy atom. The highest BCUT2D eigenvalue weighted by Crippen LogP contribution is 2.22. The quantitative estimate of drug-likeness (QED) is 0.855. The van der Waals surface area contributed by atoms with Gasteiger partial charge in [0.25, 0.3) is 0 Å². The lowest BCUT2D eigenvalue weighted by Gasteiger charge is -2.11. The maximum atomic E-state index is 13.6. The molecule has 0 bridgehead atoms. The summed E-state index contributed by atoms with van der Waals surface area (Å²) in [5, 5.41) is 2.63. The molecule has 1 rings (SSSR count). The van der Waals surface area contributed by atoms with Crippen molar-refractivity contribution in [3.05, 3.63) is 24.0 Å². The highest BCUT2D eigenvalue weighted by Gasteiger charge is 2.08. The SMILES string of the molecule is CCCC(=O)Nc1ccc(OC(C)C)c(F)c1. The number of carbonyl (C=O) groups is 1. The summed E-state index contributed by atoms with van der Waals surface area (Å²) in [5.74, 6) is -0.370. The lowest BCUT2D eigenvalue weighted by atomic mass is 10.2. The Hall–Kier alpha value is -1.58. The van der Waals surface area contributed by atoms with Gasteiger partial charge < -0.3 is 10.1 Å². The summed E-state index contributed by atoms with van der Waals surface area (Å²) < 4.78 is 18.8. The van der Waals surface area contributed by atoms with E-state index in [1.807, 2.05) is 20.8 Å². The highest BCUT2D eigenvalue weighted by molar-refractivity contribution is 5.90. The van der Waals surface area contributed by atoms with E-state index >= 15 is 0 Å². The fourth-order valence-corrected chi connectivity index (χ4v) is 1.38. The third-order valence-corrected chi connectivity index (χ3v) is 2.06. The Labute approximate surface area is 101 Å². The maximum absolute atomic E-state index is 13.6. The number of amides is 1. The van der Waals surface area contributed by atoms with Gasteiger partial charge in [-0.1, -0.05) is 6.92 Å². The molecule has 1 aromatic carbocycles. The predicted octanol–water partition coefficient (Wildman–Crippen LogP) is 3.35. The molecule has 0 fully saturated rings. The normalized spacial score (nSPS) is 10.4. The average Bonchev–Trinajstić information content (AvgIpc) is 2.22. The number of anilines is 1. The molecule has 0 aromatic heterocycles. The van der Waals surface area contributed by atoms with E-state index in [1.165, 1.54) is 12.1 Å². The zero-order valence-corrected chi connectivity index (χ0v) is 10.4. The number of hydrogen-bond donors (Lipinski definition) is 1. The van der Waals surface area contributed by atoms with E-state index in [0.29, 0.717) is 12.1 Å². The largest absolute Gasteiger partial charge is 0.488 e. The maximum Gasteiger partial charge on any atom is 0.224 e. The van der Waals surface area contributed by atoms with Crippen LogP contribution in [0.15, 0.2) is 18.2 Å². The third-order valence-electron chi connectivity index (χ3n) is 2.06. The monoisotopic (exact) mass is 239 g/mol. The van der Waals surface area contributed by atoms with E-state index in [9.17, 15) is 9.18 Å². The molecule has 0 radical (unpaired) electrons. The molecule has 0 atom stereocenters. The molecule has 94 valence electrons. The van der Waals surface area contributed by atoms with Crippen molar-refractivity contribution in [2.45, 2.75) is 39.7 Å². The molecule has 0 saturated carbocycles. The number of carbonyl (C=O) groups excluding carboxylic acids is 1. The zero-order chi connectivity index (χ0) is 12.8. The highest BCUT2D eigenvalue weighted by atomic mass is 19.1. The van der Waals surface area contributed by atoms with Gasteiger partial charge in [0.2, 0.25) is 5.91 Å². The number of halogens is 1. The van der Waals surface area contributed by atoms with Crippen molar-refractivity contribution in [2.24, 2.45) is 0 Å². The second kappa shape index (κ2) is 6.23. The van der Waals surface area contributed by atoms with Gasteiger partial charge in [-0.3, -0.25) is 4.79 Å². The smallest absolute Gasteiger partial charge is 0.224 e. The van der Waals surface area contributed by atoms with Gasteiger partial charge >= 0.3 is 0 Å². The van der Waals surface area contributed by atoms with Crippen molar-refractivity contribution in [3.63, 3.8) is 0 Å². The van der Waals surface area contributed by atoms with Crippen LogP contribution < -0.4 is 10.1 Å². The van der Waals surface area contributed by atoms with E-state index in [4.69, 9.17) is 4.74 Å². The van der Waals surface area contributed by atoms with Crippen LogP contribution in [-0.2, 0) is 4.79 Å². The van der Waals surface area contributed by atoms with Crippen LogP contribution in [0.1, 0.15) is 33.6 Å². The second-order valence-electron chi connectivity index (χ2n) is 4.11. The molecule has 0 aliphatic carbocycles. The lowest BCUT2D eigenvalue weighted by molar-refractivity contribution is -0.116. The fraction of sp³-hybridized carbons (Fsp3) is 0.462. The van der Waals surface area contributed by atoms with Crippen LogP contribution in [0.3, 0.4) is 0 Å². The first kappa shape index (κ1) is 13.5. The molecule has 0 unspecified atom stereocenters. The molecule has 4 heteroatoms. The third kappa shape index (κ3) is 4.43. The number of benzene rings is 1. The Morgan fingerprint density at radius 3 is 2.71 bits per heavy atom. The van der Waals surface area contributed by atoms with Crippen LogP contribution in [0.25, 0.3) is 0 Å². The number of nitrogens with one attached hydrogen (secondary N) is 1. The minimum absolute atomic E-state index is 0.0787. The number of ether oxygens (including phenoxy) is 1. The first-order chi connectivity index (χ1) is 8.02. The summed E-state index contributed by atoms with van der Waals surface area (Å²) in [4.78, 5) is 11.3. The topological polar surface area (TPSA) is 38.3 Å². The Balaban J connectivity index is 2.71. The summed E-state index contributed by atoms with van der Waals surface area (Å²) in [6, 6.07) is 4.43. The molecule has 0 spiro atoms. The summed E-state index contributed by atoms with van der Waals surface area (Å²) in [6.45, 7) is 5.58. The van der Waals surface area contributed by atoms with Gasteiger partial charge in [0.1, 0.15) is 0 Å². The van der Waals surface area contributed by atoms with Crippen molar-refractivity contribution in [1.29, 1.82) is 0 Å². The Morgan fingerprint density at radius 1 is 1.47 bits per heavy atom. The Bertz CT molecular complexity index is 391. The molecule has 0 saturated heterocycles. The van der Waals surface area contributed by atoms with Gasteiger partial charge in [-0.25, -0.2) is 4.39 Å². The van der Waals surface area contributed by atoms with Crippen molar-refractivity contribution in [3.8, 4) is 5.75 Å². The summed E-state index contributed by atoms with van der Waals surface area (Å²) >= 11 is 0. The van der Waals surface area contributed by atoms with E-state index in [0.717, 1.165) is 6.42 Å². The zero-order valence-electron chi connectivity index (χ0n) is 10.4. The number of hydrogen-bond acceptors (Lipinski definition) is 2. The standard InChI is InChI=1S/C13H18FNO2/c1-4-5-13(16)15-10-6-7-12(11(14)8-10)17-9(2)3/h6-9H,4-5H2,1-3H3,(H,15,16). The van der Waals surface area contributed by atoms with Gasteiger partial charge in [-0.2, -0.15) is 0 Å². The number of rotatable bonds is 5. The first-order valence-corrected chi connectivity index (χ1v) is 5.79. The molecule has 1 N–H and O–H groups in total. The molecule has 0 aliphatic heterocycles. The lowest BCUT2D eigenvalue weighted by Crippen LogP contribution is -2.11. The molecule has 0 heterocycles. The van der Waals surface area contributed by atoms with Crippen LogP contribution in [0.5, 0.6) is 5.75 Å². The van der Waals surface area contributed by atoms with Gasteiger partial charge in [0, 0.05) is 18.2 Å². The second-order valence-corrected chi connectivity index (χ2v) is 4.11. The van der Waals surface area contributed by atoms with E-state index in [2.05, 4.69) is 5.32 Å². The van der Waals surface area contributed by atoms with Crippen molar-refractivity contribution >= 4 is 11.6 Å². The minimum atomic E-state index is -0.465. The molecule has 0 aliphatic rings. The van der Waals surface area contributed by atoms with Crippen molar-refractivity contribution < 1.29 is 13.9 Å². The van der Waals surface area contributed by atoms with Crippen molar-refractivity contribution in [2.75, 3.05) is 5.32 Å². The van der Waals surface area contributed by atoms with Gasteiger partial charge in [-0.15, -0.1) is 0 Å². The molecular formula is C13H18FNO2. The molecular weight excluding hydrogens is 221 g/mol. The summed E-state index contributed by atoms with van der Waals surface area (Å²) in [6.07, 6.45) is 1.12. The molecule has 1 amide bonds. The van der Waals surface area contributed by atoms with Gasteiger partial charge in [-0.05, 0) is 32.4 Å². The van der Waals surface area contributed by atoms with Crippen LogP contribution in [0, 0.1) is 5.82 Å². The van der Waals surface area contributed by atoms with Crippen molar-refractivity contribution in [1.82, 2.24) is 0 Å². The van der Waals surface area contributed by atoms with E-state index in [-0.39, 0.29) is 17.8 Å². The van der Waals surface area contributed by atoms with Gasteiger partial charge in [0.05, 0.1) is 6.10 Å². The first-order valence-electron chi connectivity index (χ1n) is 5.79. The van der Waals surface area contributed by atoms with Gasteiger partial charge in [0.15, 0.2) is 11.6 Å². The predicted molar refractivity (Wildman–Crippen MR) is 65.7 cm³/mol. The molecule has 3 nitrogen and oxygen atoms in total. The van der Waals surface area contributed by atoms with Crippen LogP contribution in [0.4, 0.5) is 10.1 Å². The van der Waals surface area contributed by atoms with Crippen LogP contribution in [-0.4, -0.2) is 12.0 Å². The van der Waals surface area contributed by atoms with Crippen LogP contribution >= 0.6 is 0 Å².